The van der Waals surface area contributed by atoms with Gasteiger partial charge >= 0.3 is 0 Å². The minimum Gasteiger partial charge on any atom is -0.504 e. The highest BCUT2D eigenvalue weighted by atomic mass is 16.5. The summed E-state index contributed by atoms with van der Waals surface area (Å²) in [5, 5.41) is 29.4. The molecule has 0 saturated carbocycles. The van der Waals surface area contributed by atoms with Crippen molar-refractivity contribution in [3.05, 3.63) is 41.0 Å². The lowest BCUT2D eigenvalue weighted by molar-refractivity contribution is 0.360. The lowest BCUT2D eigenvalue weighted by Gasteiger charge is -2.14. The van der Waals surface area contributed by atoms with Gasteiger partial charge in [0.15, 0.2) is 23.0 Å². The van der Waals surface area contributed by atoms with E-state index in [9.17, 15) is 15.3 Å². The van der Waals surface area contributed by atoms with Gasteiger partial charge in [-0.05, 0) is 55.2 Å². The lowest BCUT2D eigenvalue weighted by atomic mass is 10.1. The summed E-state index contributed by atoms with van der Waals surface area (Å²) in [6, 6.07) is 6.59. The van der Waals surface area contributed by atoms with E-state index in [4.69, 9.17) is 4.74 Å². The summed E-state index contributed by atoms with van der Waals surface area (Å²) in [6.45, 7) is 5.60. The first kappa shape index (κ1) is 14.1. The Morgan fingerprint density at radius 2 is 1.65 bits per heavy atom. The fourth-order valence-corrected chi connectivity index (χ4v) is 2.08. The third-order valence-corrected chi connectivity index (χ3v) is 3.13. The van der Waals surface area contributed by atoms with E-state index in [0.717, 1.165) is 23.1 Å². The summed E-state index contributed by atoms with van der Waals surface area (Å²) in [7, 11) is 0. The Labute approximate surface area is 117 Å². The molecule has 20 heavy (non-hydrogen) atoms. The smallest absolute Gasteiger partial charge is 0.201 e. The molecule has 0 bridgehead atoms. The van der Waals surface area contributed by atoms with E-state index in [0.29, 0.717) is 0 Å². The fraction of sp³-hybridized carbons (Fsp3) is 0.250. The van der Waals surface area contributed by atoms with Crippen LogP contribution in [0.5, 0.6) is 28.7 Å². The first-order chi connectivity index (χ1) is 9.42. The predicted octanol–water partition coefficient (Wildman–Crippen LogP) is 3.77. The van der Waals surface area contributed by atoms with Crippen LogP contribution in [0.2, 0.25) is 0 Å². The number of rotatable bonds is 3. The zero-order chi connectivity index (χ0) is 14.9. The molecule has 0 fully saturated rings. The van der Waals surface area contributed by atoms with Crippen molar-refractivity contribution in [3.63, 3.8) is 0 Å². The van der Waals surface area contributed by atoms with Gasteiger partial charge in [0.1, 0.15) is 0 Å². The molecule has 0 atom stereocenters. The van der Waals surface area contributed by atoms with E-state index < -0.39 is 0 Å². The molecular weight excluding hydrogens is 256 g/mol. The molecule has 4 heteroatoms. The molecule has 0 aliphatic heterocycles. The van der Waals surface area contributed by atoms with Crippen LogP contribution in [0, 0.1) is 13.8 Å². The van der Waals surface area contributed by atoms with Gasteiger partial charge in [0, 0.05) is 0 Å². The summed E-state index contributed by atoms with van der Waals surface area (Å²) in [5.74, 6) is -0.175. The molecule has 3 N–H and O–H groups in total. The van der Waals surface area contributed by atoms with Crippen LogP contribution in [-0.2, 0) is 6.42 Å². The average Bonchev–Trinajstić information content (AvgIpc) is 2.38. The standard InChI is InChI=1S/C16H18O4/c1-4-11-7-10(3)16(13(18)8-11)20-14-6-9(2)5-12(17)15(14)19/h5-8,17-19H,4H2,1-3H3. The molecule has 0 unspecified atom stereocenters. The molecule has 2 rings (SSSR count). The zero-order valence-electron chi connectivity index (χ0n) is 11.8. The molecule has 0 aliphatic carbocycles. The van der Waals surface area contributed by atoms with E-state index in [2.05, 4.69) is 0 Å². The van der Waals surface area contributed by atoms with E-state index in [1.807, 2.05) is 19.9 Å². The normalized spacial score (nSPS) is 10.6. The van der Waals surface area contributed by atoms with E-state index in [1.54, 1.807) is 19.1 Å². The number of benzene rings is 2. The molecule has 0 heterocycles. The number of aromatic hydroxyl groups is 3. The Balaban J connectivity index is 2.45. The van der Waals surface area contributed by atoms with Crippen LogP contribution in [0.15, 0.2) is 24.3 Å². The van der Waals surface area contributed by atoms with Crippen molar-refractivity contribution < 1.29 is 20.1 Å². The van der Waals surface area contributed by atoms with Gasteiger partial charge < -0.3 is 20.1 Å². The van der Waals surface area contributed by atoms with Gasteiger partial charge in [0.2, 0.25) is 5.75 Å². The second kappa shape index (κ2) is 5.33. The van der Waals surface area contributed by atoms with Crippen molar-refractivity contribution in [1.82, 2.24) is 0 Å². The largest absolute Gasteiger partial charge is 0.504 e. The second-order valence-electron chi connectivity index (χ2n) is 4.85. The highest BCUT2D eigenvalue weighted by Gasteiger charge is 2.14. The summed E-state index contributed by atoms with van der Waals surface area (Å²) >= 11 is 0. The number of hydrogen-bond acceptors (Lipinski definition) is 4. The first-order valence-corrected chi connectivity index (χ1v) is 6.45. The van der Waals surface area contributed by atoms with Crippen LogP contribution >= 0.6 is 0 Å². The Hall–Kier alpha value is -2.36. The predicted molar refractivity (Wildman–Crippen MR) is 76.8 cm³/mol. The molecule has 0 aliphatic rings. The van der Waals surface area contributed by atoms with Gasteiger partial charge in [0.25, 0.3) is 0 Å². The molecule has 0 saturated heterocycles. The van der Waals surface area contributed by atoms with E-state index in [1.165, 1.54) is 6.07 Å². The van der Waals surface area contributed by atoms with Crippen molar-refractivity contribution in [3.8, 4) is 28.7 Å². The molecule has 2 aromatic carbocycles. The molecule has 106 valence electrons. The van der Waals surface area contributed by atoms with Crippen LogP contribution in [0.25, 0.3) is 0 Å². The van der Waals surface area contributed by atoms with Crippen LogP contribution in [0.3, 0.4) is 0 Å². The SMILES string of the molecule is CCc1cc(C)c(Oc2cc(C)cc(O)c2O)c(O)c1. The number of phenolic OH excluding ortho intramolecular Hbond substituents is 3. The van der Waals surface area contributed by atoms with Gasteiger partial charge in [-0.2, -0.15) is 0 Å². The fourth-order valence-electron chi connectivity index (χ4n) is 2.08. The van der Waals surface area contributed by atoms with E-state index >= 15 is 0 Å². The summed E-state index contributed by atoms with van der Waals surface area (Å²) < 4.78 is 5.57. The maximum atomic E-state index is 10.0. The molecule has 0 spiro atoms. The van der Waals surface area contributed by atoms with Crippen molar-refractivity contribution in [2.75, 3.05) is 0 Å². The Kier molecular flexibility index (Phi) is 3.74. The Morgan fingerprint density at radius 3 is 2.25 bits per heavy atom. The maximum Gasteiger partial charge on any atom is 0.201 e. The molecule has 0 radical (unpaired) electrons. The summed E-state index contributed by atoms with van der Waals surface area (Å²) in [4.78, 5) is 0. The average molecular weight is 274 g/mol. The van der Waals surface area contributed by atoms with Crippen molar-refractivity contribution in [1.29, 1.82) is 0 Å². The molecule has 0 aromatic heterocycles. The number of ether oxygens (including phenoxy) is 1. The van der Waals surface area contributed by atoms with Crippen molar-refractivity contribution in [2.24, 2.45) is 0 Å². The number of aryl methyl sites for hydroxylation is 3. The van der Waals surface area contributed by atoms with Crippen molar-refractivity contribution in [2.45, 2.75) is 27.2 Å². The minimum atomic E-state index is -0.339. The van der Waals surface area contributed by atoms with E-state index in [-0.39, 0.29) is 28.7 Å². The van der Waals surface area contributed by atoms with Crippen LogP contribution in [0.1, 0.15) is 23.6 Å². The topological polar surface area (TPSA) is 69.9 Å². The number of hydrogen-bond donors (Lipinski definition) is 3. The second-order valence-corrected chi connectivity index (χ2v) is 4.85. The monoisotopic (exact) mass is 274 g/mol. The summed E-state index contributed by atoms with van der Waals surface area (Å²) in [6.07, 6.45) is 0.811. The van der Waals surface area contributed by atoms with Gasteiger partial charge in [-0.15, -0.1) is 0 Å². The third kappa shape index (κ3) is 2.64. The molecular formula is C16H18O4. The van der Waals surface area contributed by atoms with Gasteiger partial charge in [-0.1, -0.05) is 13.0 Å². The van der Waals surface area contributed by atoms with Gasteiger partial charge in [-0.25, -0.2) is 0 Å². The maximum absolute atomic E-state index is 10.0. The van der Waals surface area contributed by atoms with Crippen LogP contribution in [-0.4, -0.2) is 15.3 Å². The Morgan fingerprint density at radius 1 is 0.950 bits per heavy atom. The highest BCUT2D eigenvalue weighted by Crippen LogP contribution is 2.42. The molecule has 4 nitrogen and oxygen atoms in total. The lowest BCUT2D eigenvalue weighted by Crippen LogP contribution is -1.92. The van der Waals surface area contributed by atoms with Crippen LogP contribution in [0.4, 0.5) is 0 Å². The third-order valence-electron chi connectivity index (χ3n) is 3.13. The van der Waals surface area contributed by atoms with Gasteiger partial charge in [-0.3, -0.25) is 0 Å². The highest BCUT2D eigenvalue weighted by molar-refractivity contribution is 5.56. The Bertz CT molecular complexity index is 624. The summed E-state index contributed by atoms with van der Waals surface area (Å²) in [5.41, 5.74) is 2.52. The quantitative estimate of drug-likeness (QED) is 0.745. The van der Waals surface area contributed by atoms with Gasteiger partial charge in [0.05, 0.1) is 0 Å². The zero-order valence-corrected chi connectivity index (χ0v) is 11.8. The van der Waals surface area contributed by atoms with Crippen molar-refractivity contribution >= 4 is 0 Å². The molecule has 2 aromatic rings. The molecule has 0 amide bonds. The minimum absolute atomic E-state index is 0.0160. The number of phenols is 3. The first-order valence-electron chi connectivity index (χ1n) is 6.45. The van der Waals surface area contributed by atoms with Crippen LogP contribution < -0.4 is 4.74 Å².